The zero-order chi connectivity index (χ0) is 20.1. The van der Waals surface area contributed by atoms with Crippen molar-refractivity contribution in [2.24, 2.45) is 0 Å². The molecule has 1 spiro atoms. The summed E-state index contributed by atoms with van der Waals surface area (Å²) >= 11 is 6.12. The molecule has 0 bridgehead atoms. The van der Waals surface area contributed by atoms with Gasteiger partial charge in [-0.1, -0.05) is 11.6 Å². The molecule has 8 heteroatoms. The monoisotopic (exact) mass is 423 g/mol. The first-order valence-electron chi connectivity index (χ1n) is 8.98. The number of hydrogen-bond acceptors (Lipinski definition) is 4. The standard InChI is InChI=1S/C20H19ClFNO4S/c1-13-10-19-16(11-17(13)21)18(24)12-20(27-19)6-8-23(9-7-20)28(25,26)15-4-2-14(22)3-5-15/h2-5,10-11H,6-9,12H2,1H3. The topological polar surface area (TPSA) is 63.7 Å². The fourth-order valence-corrected chi connectivity index (χ4v) is 5.39. The number of piperidine rings is 1. The largest absolute Gasteiger partial charge is 0.486 e. The molecule has 0 aliphatic carbocycles. The lowest BCUT2D eigenvalue weighted by molar-refractivity contribution is 0.00588. The fraction of sp³-hybridized carbons (Fsp3) is 0.350. The smallest absolute Gasteiger partial charge is 0.243 e. The van der Waals surface area contributed by atoms with Crippen LogP contribution in [-0.2, 0) is 10.0 Å². The fourth-order valence-electron chi connectivity index (χ4n) is 3.78. The third-order valence-electron chi connectivity index (χ3n) is 5.46. The van der Waals surface area contributed by atoms with E-state index >= 15 is 0 Å². The number of nitrogens with zero attached hydrogens (tertiary/aromatic N) is 1. The van der Waals surface area contributed by atoms with Crippen molar-refractivity contribution in [3.05, 3.63) is 58.4 Å². The molecular formula is C20H19ClFNO4S. The summed E-state index contributed by atoms with van der Waals surface area (Å²) in [6, 6.07) is 8.18. The first-order valence-corrected chi connectivity index (χ1v) is 10.8. The number of benzene rings is 2. The van der Waals surface area contributed by atoms with E-state index in [1.165, 1.54) is 16.4 Å². The molecule has 0 N–H and O–H groups in total. The normalized spacial score (nSPS) is 19.3. The average molecular weight is 424 g/mol. The van der Waals surface area contributed by atoms with Crippen LogP contribution in [0.25, 0.3) is 0 Å². The van der Waals surface area contributed by atoms with Crippen LogP contribution < -0.4 is 4.74 Å². The second-order valence-corrected chi connectivity index (χ2v) is 9.69. The lowest BCUT2D eigenvalue weighted by Crippen LogP contribution is -2.52. The number of fused-ring (bicyclic) bond motifs is 1. The molecule has 148 valence electrons. The summed E-state index contributed by atoms with van der Waals surface area (Å²) in [7, 11) is -3.71. The molecule has 1 saturated heterocycles. The van der Waals surface area contributed by atoms with Gasteiger partial charge < -0.3 is 4.74 Å². The maximum atomic E-state index is 13.1. The molecule has 2 aliphatic heterocycles. The number of sulfonamides is 1. The summed E-state index contributed by atoms with van der Waals surface area (Å²) in [6.07, 6.45) is 1.00. The zero-order valence-corrected chi connectivity index (χ0v) is 16.8. The highest BCUT2D eigenvalue weighted by Gasteiger charge is 2.45. The maximum Gasteiger partial charge on any atom is 0.243 e. The number of rotatable bonds is 2. The van der Waals surface area contributed by atoms with E-state index in [0.29, 0.717) is 29.2 Å². The second-order valence-electron chi connectivity index (χ2n) is 7.34. The summed E-state index contributed by atoms with van der Waals surface area (Å²) in [4.78, 5) is 12.7. The number of aryl methyl sites for hydroxylation is 1. The van der Waals surface area contributed by atoms with Gasteiger partial charge in [-0.3, -0.25) is 4.79 Å². The van der Waals surface area contributed by atoms with Gasteiger partial charge in [0.25, 0.3) is 0 Å². The zero-order valence-electron chi connectivity index (χ0n) is 15.2. The van der Waals surface area contributed by atoms with E-state index in [1.807, 2.05) is 6.92 Å². The molecule has 0 atom stereocenters. The van der Waals surface area contributed by atoms with Crippen molar-refractivity contribution < 1.29 is 22.3 Å². The highest BCUT2D eigenvalue weighted by atomic mass is 35.5. The minimum atomic E-state index is -3.71. The van der Waals surface area contributed by atoms with Gasteiger partial charge in [-0.15, -0.1) is 0 Å². The van der Waals surface area contributed by atoms with Crippen molar-refractivity contribution in [3.8, 4) is 5.75 Å². The Balaban J connectivity index is 1.54. The van der Waals surface area contributed by atoms with E-state index in [9.17, 15) is 17.6 Å². The first-order chi connectivity index (χ1) is 13.2. The summed E-state index contributed by atoms with van der Waals surface area (Å²) in [5, 5.41) is 0.520. The number of Topliss-reactive ketones (excluding diaryl/α,β-unsaturated/α-hetero) is 1. The highest BCUT2D eigenvalue weighted by molar-refractivity contribution is 7.89. The molecule has 1 fully saturated rings. The second kappa shape index (κ2) is 6.83. The number of ketones is 1. The molecule has 0 saturated carbocycles. The average Bonchev–Trinajstić information content (AvgIpc) is 2.64. The van der Waals surface area contributed by atoms with Gasteiger partial charge in [0, 0.05) is 31.0 Å². The van der Waals surface area contributed by atoms with E-state index in [4.69, 9.17) is 16.3 Å². The Kier molecular flexibility index (Phi) is 4.72. The van der Waals surface area contributed by atoms with E-state index in [0.717, 1.165) is 17.7 Å². The molecule has 0 radical (unpaired) electrons. The van der Waals surface area contributed by atoms with E-state index in [2.05, 4.69) is 0 Å². The molecule has 4 rings (SSSR count). The van der Waals surface area contributed by atoms with Crippen LogP contribution in [0.1, 0.15) is 35.2 Å². The number of ether oxygens (including phenoxy) is 1. The third kappa shape index (κ3) is 3.32. The Labute approximate surface area is 168 Å². The van der Waals surface area contributed by atoms with Crippen LogP contribution in [0.4, 0.5) is 4.39 Å². The number of carbonyl (C=O) groups excluding carboxylic acids is 1. The molecule has 2 aromatic rings. The van der Waals surface area contributed by atoms with Crippen LogP contribution in [-0.4, -0.2) is 37.2 Å². The number of halogens is 2. The van der Waals surface area contributed by atoms with Crippen LogP contribution in [0, 0.1) is 12.7 Å². The minimum absolute atomic E-state index is 0.0435. The molecule has 28 heavy (non-hydrogen) atoms. The van der Waals surface area contributed by atoms with Crippen LogP contribution in [0.5, 0.6) is 5.75 Å². The first kappa shape index (κ1) is 19.4. The molecule has 0 aromatic heterocycles. The Morgan fingerprint density at radius 3 is 2.43 bits per heavy atom. The third-order valence-corrected chi connectivity index (χ3v) is 7.78. The van der Waals surface area contributed by atoms with Crippen molar-refractivity contribution in [2.45, 2.75) is 36.7 Å². The molecule has 2 heterocycles. The summed E-state index contributed by atoms with van der Waals surface area (Å²) in [6.45, 7) is 2.30. The maximum absolute atomic E-state index is 13.1. The lowest BCUT2D eigenvalue weighted by Gasteiger charge is -2.43. The Morgan fingerprint density at radius 1 is 1.14 bits per heavy atom. The molecule has 0 amide bonds. The summed E-state index contributed by atoms with van der Waals surface area (Å²) in [5.74, 6) is -0.0225. The summed E-state index contributed by atoms with van der Waals surface area (Å²) < 4.78 is 46.3. The van der Waals surface area contributed by atoms with Gasteiger partial charge >= 0.3 is 0 Å². The minimum Gasteiger partial charge on any atom is -0.486 e. The van der Waals surface area contributed by atoms with Crippen molar-refractivity contribution >= 4 is 27.4 Å². The van der Waals surface area contributed by atoms with Gasteiger partial charge in [-0.05, 0) is 48.9 Å². The highest BCUT2D eigenvalue weighted by Crippen LogP contribution is 2.41. The van der Waals surface area contributed by atoms with Gasteiger partial charge in [-0.25, -0.2) is 12.8 Å². The van der Waals surface area contributed by atoms with E-state index in [1.54, 1.807) is 12.1 Å². The Morgan fingerprint density at radius 2 is 1.79 bits per heavy atom. The predicted molar refractivity (Wildman–Crippen MR) is 103 cm³/mol. The SMILES string of the molecule is Cc1cc2c(cc1Cl)C(=O)CC1(CCN(S(=O)(=O)c3ccc(F)cc3)CC1)O2. The van der Waals surface area contributed by atoms with Crippen molar-refractivity contribution in [2.75, 3.05) is 13.1 Å². The van der Waals surface area contributed by atoms with Gasteiger partial charge in [0.2, 0.25) is 10.0 Å². The van der Waals surface area contributed by atoms with Crippen LogP contribution >= 0.6 is 11.6 Å². The van der Waals surface area contributed by atoms with Crippen molar-refractivity contribution in [1.29, 1.82) is 0 Å². The number of hydrogen-bond donors (Lipinski definition) is 0. The molecule has 2 aliphatic rings. The van der Waals surface area contributed by atoms with Crippen LogP contribution in [0.3, 0.4) is 0 Å². The van der Waals surface area contributed by atoms with Crippen molar-refractivity contribution in [3.63, 3.8) is 0 Å². The van der Waals surface area contributed by atoms with E-state index in [-0.39, 0.29) is 30.2 Å². The van der Waals surface area contributed by atoms with Crippen molar-refractivity contribution in [1.82, 2.24) is 4.31 Å². The molecular weight excluding hydrogens is 405 g/mol. The van der Waals surface area contributed by atoms with Crippen LogP contribution in [0.15, 0.2) is 41.3 Å². The lowest BCUT2D eigenvalue weighted by atomic mass is 9.83. The molecule has 0 unspecified atom stereocenters. The number of carbonyl (C=O) groups is 1. The Bertz CT molecular complexity index is 1040. The van der Waals surface area contributed by atoms with Crippen LogP contribution in [0.2, 0.25) is 5.02 Å². The van der Waals surface area contributed by atoms with Gasteiger partial charge in [0.1, 0.15) is 17.2 Å². The summed E-state index contributed by atoms with van der Waals surface area (Å²) in [5.41, 5.74) is 0.586. The molecule has 5 nitrogen and oxygen atoms in total. The van der Waals surface area contributed by atoms with Gasteiger partial charge in [0.05, 0.1) is 16.9 Å². The van der Waals surface area contributed by atoms with E-state index < -0.39 is 21.4 Å². The molecule has 2 aromatic carbocycles. The quantitative estimate of drug-likeness (QED) is 0.733. The Hall–Kier alpha value is -1.96. The van der Waals surface area contributed by atoms with Gasteiger partial charge in [0.15, 0.2) is 5.78 Å². The predicted octanol–water partition coefficient (Wildman–Crippen LogP) is 3.98. The van der Waals surface area contributed by atoms with Gasteiger partial charge in [-0.2, -0.15) is 4.31 Å².